The first kappa shape index (κ1) is 34.5. The largest absolute Gasteiger partial charge is 0.781 e. The van der Waals surface area contributed by atoms with Crippen molar-refractivity contribution in [1.29, 1.82) is 0 Å². The molecule has 7 heteroatoms. The Hall–Kier alpha value is -2.99. The molecule has 4 aromatic carbocycles. The van der Waals surface area contributed by atoms with Gasteiger partial charge in [0.25, 0.3) is 0 Å². The van der Waals surface area contributed by atoms with Crippen LogP contribution in [0.5, 0.6) is 11.5 Å². The Balaban J connectivity index is 0.00000506. The molecule has 0 aromatic heterocycles. The maximum Gasteiger partial charge on any atom is 0.117 e. The van der Waals surface area contributed by atoms with Gasteiger partial charge in [0.1, 0.15) is 11.5 Å². The van der Waals surface area contributed by atoms with E-state index in [1.54, 1.807) is 14.2 Å². The first-order valence-corrected chi connectivity index (χ1v) is 15.6. The fourth-order valence-corrected chi connectivity index (χ4v) is 5.69. The molecule has 0 aliphatic rings. The summed E-state index contributed by atoms with van der Waals surface area (Å²) in [6.45, 7) is 4.45. The molecule has 0 saturated heterocycles. The monoisotopic (exact) mass is 654 g/mol. The molecule has 0 heterocycles. The molecule has 232 valence electrons. The van der Waals surface area contributed by atoms with E-state index in [1.807, 2.05) is 36.4 Å². The van der Waals surface area contributed by atoms with E-state index < -0.39 is 0 Å². The number of aryl methyl sites for hydroxylation is 2. The van der Waals surface area contributed by atoms with E-state index in [-0.39, 0.29) is 28.6 Å². The second-order valence-electron chi connectivity index (χ2n) is 10.4. The minimum Gasteiger partial charge on any atom is -0.781 e. The predicted octanol–water partition coefficient (Wildman–Crippen LogP) is 10.4. The molecule has 0 aliphatic carbocycles. The molecule has 0 radical (unpaired) electrons. The van der Waals surface area contributed by atoms with Gasteiger partial charge in [0.05, 0.1) is 14.2 Å². The molecular weight excluding hydrogens is 615 g/mol. The normalized spacial score (nSPS) is 12.1. The van der Waals surface area contributed by atoms with E-state index in [2.05, 4.69) is 62.4 Å². The van der Waals surface area contributed by atoms with Crippen molar-refractivity contribution in [3.63, 3.8) is 0 Å². The van der Waals surface area contributed by atoms with E-state index in [0.717, 1.165) is 72.5 Å². The second kappa shape index (κ2) is 17.3. The van der Waals surface area contributed by atoms with Crippen molar-refractivity contribution >= 4 is 36.6 Å². The van der Waals surface area contributed by atoms with Crippen LogP contribution in [0.1, 0.15) is 73.9 Å². The van der Waals surface area contributed by atoms with Gasteiger partial charge in [-0.3, -0.25) is 0 Å². The molecule has 0 aliphatic heterocycles. The minimum absolute atomic E-state index is 0. The predicted molar refractivity (Wildman–Crippen MR) is 179 cm³/mol. The first-order valence-electron chi connectivity index (χ1n) is 14.8. The number of nitrogens with zero attached hydrogens (tertiary/aromatic N) is 2. The van der Waals surface area contributed by atoms with Crippen LogP contribution >= 0.6 is 0 Å². The molecular formula is C36H40N2NiO2S2-4. The molecule has 4 aromatic rings. The van der Waals surface area contributed by atoms with Crippen molar-refractivity contribution in [2.24, 2.45) is 0 Å². The molecule has 0 saturated carbocycles. The zero-order valence-electron chi connectivity index (χ0n) is 25.3. The molecule has 0 spiro atoms. The second-order valence-corrected chi connectivity index (χ2v) is 11.3. The van der Waals surface area contributed by atoms with Crippen LogP contribution in [0.4, 0.5) is 11.4 Å². The van der Waals surface area contributed by atoms with Crippen LogP contribution in [0.2, 0.25) is 0 Å². The van der Waals surface area contributed by atoms with E-state index in [0.29, 0.717) is 9.79 Å². The van der Waals surface area contributed by atoms with Gasteiger partial charge in [-0.2, -0.15) is 21.2 Å². The number of hydrogen-bond donors (Lipinski definition) is 0. The van der Waals surface area contributed by atoms with E-state index in [4.69, 9.17) is 45.4 Å². The van der Waals surface area contributed by atoms with E-state index in [1.165, 1.54) is 11.1 Å². The Morgan fingerprint density at radius 1 is 0.605 bits per heavy atom. The maximum absolute atomic E-state index is 5.81. The van der Waals surface area contributed by atoms with Gasteiger partial charge in [0.2, 0.25) is 0 Å². The SMILES string of the molecule is CCCCc1ccccc1C([N-]c1ccc(OC)cc1[S-])C([N-]c1ccc(OC)cc1[S-])c1ccccc1CCCC.[Ni]. The van der Waals surface area contributed by atoms with Gasteiger partial charge in [0.15, 0.2) is 0 Å². The van der Waals surface area contributed by atoms with Gasteiger partial charge >= 0.3 is 0 Å². The average molecular weight is 656 g/mol. The topological polar surface area (TPSA) is 46.7 Å². The van der Waals surface area contributed by atoms with Crippen LogP contribution in [0.25, 0.3) is 10.6 Å². The molecule has 4 rings (SSSR count). The van der Waals surface area contributed by atoms with Gasteiger partial charge < -0.3 is 45.4 Å². The fourth-order valence-electron chi connectivity index (χ4n) is 5.21. The van der Waals surface area contributed by atoms with Gasteiger partial charge in [-0.25, -0.2) is 0 Å². The Morgan fingerprint density at radius 3 is 1.35 bits per heavy atom. The van der Waals surface area contributed by atoms with Crippen molar-refractivity contribution in [3.8, 4) is 11.5 Å². The number of rotatable bonds is 15. The number of benzene rings is 4. The molecule has 0 fully saturated rings. The van der Waals surface area contributed by atoms with Crippen LogP contribution in [0.15, 0.2) is 94.7 Å². The van der Waals surface area contributed by atoms with Crippen molar-refractivity contribution in [1.82, 2.24) is 0 Å². The summed E-state index contributed by atoms with van der Waals surface area (Å²) in [6, 6.07) is 28.1. The van der Waals surface area contributed by atoms with Crippen LogP contribution in [-0.2, 0) is 54.6 Å². The van der Waals surface area contributed by atoms with Crippen LogP contribution in [0, 0.1) is 0 Å². The molecule has 4 nitrogen and oxygen atoms in total. The molecule has 0 N–H and O–H groups in total. The quantitative estimate of drug-likeness (QED) is 0.0945. The van der Waals surface area contributed by atoms with E-state index >= 15 is 0 Å². The summed E-state index contributed by atoms with van der Waals surface area (Å²) < 4.78 is 10.9. The van der Waals surface area contributed by atoms with Crippen LogP contribution in [-0.4, -0.2) is 14.2 Å². The maximum atomic E-state index is 5.81. The van der Waals surface area contributed by atoms with Crippen LogP contribution in [0.3, 0.4) is 0 Å². The summed E-state index contributed by atoms with van der Waals surface area (Å²) in [6.07, 6.45) is 6.38. The standard InChI is InChI=1S/C36H42N2O2S2.Ni/c1-5-7-13-25-15-9-11-17-29(25)35(37-31-21-19-27(39-3)23-33(31)41)36(30-18-12-10-16-26(30)14-8-6-2)38-32-22-20-28(40-4)24-34(32)42;/h9-12,15-24,35-36,41-42H,5-8,13-14H2,1-4H3;/q-2;/p-2. The summed E-state index contributed by atoms with van der Waals surface area (Å²) in [4.78, 5) is 1.30. The van der Waals surface area contributed by atoms with Crippen molar-refractivity contribution in [3.05, 3.63) is 118 Å². The molecule has 0 bridgehead atoms. The molecule has 2 unspecified atom stereocenters. The summed E-state index contributed by atoms with van der Waals surface area (Å²) in [7, 11) is 3.30. The third kappa shape index (κ3) is 9.01. The van der Waals surface area contributed by atoms with Gasteiger partial charge in [-0.15, -0.1) is 12.1 Å². The third-order valence-corrected chi connectivity index (χ3v) is 8.19. The summed E-state index contributed by atoms with van der Waals surface area (Å²) in [5.41, 5.74) is 6.39. The number of methoxy groups -OCH3 is 2. The third-order valence-electron chi connectivity index (χ3n) is 7.54. The van der Waals surface area contributed by atoms with Gasteiger partial charge in [-0.1, -0.05) is 98.5 Å². The number of unbranched alkanes of at least 4 members (excludes halogenated alkanes) is 2. The molecule has 2 atom stereocenters. The first-order chi connectivity index (χ1) is 20.5. The Labute approximate surface area is 279 Å². The van der Waals surface area contributed by atoms with Crippen molar-refractivity contribution in [2.45, 2.75) is 74.2 Å². The summed E-state index contributed by atoms with van der Waals surface area (Å²) in [5.74, 6) is 1.44. The Kier molecular flexibility index (Phi) is 13.9. The van der Waals surface area contributed by atoms with Gasteiger partial charge in [-0.05, 0) is 61.1 Å². The van der Waals surface area contributed by atoms with E-state index in [9.17, 15) is 0 Å². The van der Waals surface area contributed by atoms with Gasteiger partial charge in [0, 0.05) is 16.5 Å². The minimum atomic E-state index is -0.326. The number of ether oxygens (including phenoxy) is 2. The molecule has 0 amide bonds. The zero-order chi connectivity index (χ0) is 29.9. The smallest absolute Gasteiger partial charge is 0.117 e. The average Bonchev–Trinajstić information content (AvgIpc) is 3.02. The summed E-state index contributed by atoms with van der Waals surface area (Å²) >= 11 is 11.6. The Bertz CT molecular complexity index is 1340. The molecule has 43 heavy (non-hydrogen) atoms. The van der Waals surface area contributed by atoms with Crippen LogP contribution < -0.4 is 9.47 Å². The van der Waals surface area contributed by atoms with Crippen molar-refractivity contribution in [2.75, 3.05) is 14.2 Å². The Morgan fingerprint density at radius 2 is 1.00 bits per heavy atom. The summed E-state index contributed by atoms with van der Waals surface area (Å²) in [5, 5.41) is 10.8. The number of hydrogen-bond acceptors (Lipinski definition) is 4. The zero-order valence-corrected chi connectivity index (χ0v) is 27.9. The van der Waals surface area contributed by atoms with Crippen molar-refractivity contribution < 1.29 is 26.0 Å². The fraction of sp³-hybridized carbons (Fsp3) is 0.333.